The molecular formula is C15H20N4O3S. The summed E-state index contributed by atoms with van der Waals surface area (Å²) in [5.41, 5.74) is 0. The van der Waals surface area contributed by atoms with E-state index in [1.54, 1.807) is 25.3 Å². The first-order valence-electron chi connectivity index (χ1n) is 7.33. The van der Waals surface area contributed by atoms with Gasteiger partial charge in [0, 0.05) is 6.04 Å². The summed E-state index contributed by atoms with van der Waals surface area (Å²) in [5, 5.41) is 11.1. The second kappa shape index (κ2) is 7.36. The number of hydrogen-bond donors (Lipinski definition) is 1. The molecule has 124 valence electrons. The second-order valence-electron chi connectivity index (χ2n) is 5.58. The summed E-state index contributed by atoms with van der Waals surface area (Å²) in [6.07, 6.45) is 1.54. The highest BCUT2D eigenvalue weighted by atomic mass is 32.1. The molecule has 0 bridgehead atoms. The van der Waals surface area contributed by atoms with Crippen LogP contribution >= 0.6 is 11.3 Å². The number of anilines is 1. The molecule has 0 saturated carbocycles. The third-order valence-electron chi connectivity index (χ3n) is 3.56. The van der Waals surface area contributed by atoms with Gasteiger partial charge in [0.1, 0.15) is 10.8 Å². The summed E-state index contributed by atoms with van der Waals surface area (Å²) in [5.74, 6) is -0.508. The molecule has 0 aliphatic heterocycles. The van der Waals surface area contributed by atoms with Gasteiger partial charge in [-0.15, -0.1) is 10.2 Å². The lowest BCUT2D eigenvalue weighted by Gasteiger charge is -2.30. The molecule has 0 fully saturated rings. The highest BCUT2D eigenvalue weighted by Crippen LogP contribution is 2.17. The van der Waals surface area contributed by atoms with Crippen molar-refractivity contribution in [2.75, 3.05) is 5.32 Å². The van der Waals surface area contributed by atoms with E-state index in [9.17, 15) is 9.59 Å². The molecule has 7 nitrogen and oxygen atoms in total. The highest BCUT2D eigenvalue weighted by molar-refractivity contribution is 7.15. The first kappa shape index (κ1) is 17.1. The standard InChI is InChI=1S/C15H20N4O3S/c1-9(2)10(3)19(8-12-6-5-7-22-12)14(21)13(20)16-15-18-17-11(4)23-15/h5-7,9-10H,8H2,1-4H3,(H,16,18,20)/t10-/m1/s1. The number of aromatic nitrogens is 2. The van der Waals surface area contributed by atoms with Crippen LogP contribution in [0.2, 0.25) is 0 Å². The largest absolute Gasteiger partial charge is 0.467 e. The van der Waals surface area contributed by atoms with Gasteiger partial charge in [0.25, 0.3) is 0 Å². The minimum absolute atomic E-state index is 0.116. The Morgan fingerprint density at radius 1 is 1.35 bits per heavy atom. The third-order valence-corrected chi connectivity index (χ3v) is 4.32. The SMILES string of the molecule is Cc1nnc(NC(=O)C(=O)N(Cc2ccco2)[C@H](C)C(C)C)s1. The fraction of sp³-hybridized carbons (Fsp3) is 0.467. The Bertz CT molecular complexity index is 666. The predicted octanol–water partition coefficient (Wildman–Crippen LogP) is 2.45. The van der Waals surface area contributed by atoms with Crippen LogP contribution in [0.5, 0.6) is 0 Å². The molecule has 2 aromatic heterocycles. The van der Waals surface area contributed by atoms with Crippen LogP contribution in [-0.4, -0.2) is 33.0 Å². The molecule has 0 spiro atoms. The Hall–Kier alpha value is -2.22. The maximum atomic E-state index is 12.6. The van der Waals surface area contributed by atoms with Gasteiger partial charge >= 0.3 is 11.8 Å². The van der Waals surface area contributed by atoms with Crippen LogP contribution < -0.4 is 5.32 Å². The van der Waals surface area contributed by atoms with E-state index in [1.807, 2.05) is 20.8 Å². The first-order valence-corrected chi connectivity index (χ1v) is 8.14. The molecule has 0 unspecified atom stereocenters. The molecular weight excluding hydrogens is 316 g/mol. The summed E-state index contributed by atoms with van der Waals surface area (Å²) < 4.78 is 5.30. The maximum absolute atomic E-state index is 12.6. The fourth-order valence-electron chi connectivity index (χ4n) is 1.96. The molecule has 0 radical (unpaired) electrons. The minimum atomic E-state index is -0.722. The molecule has 1 N–H and O–H groups in total. The van der Waals surface area contributed by atoms with E-state index in [0.717, 1.165) is 5.01 Å². The average Bonchev–Trinajstić information content (AvgIpc) is 3.15. The zero-order chi connectivity index (χ0) is 17.0. The molecule has 0 aromatic carbocycles. The minimum Gasteiger partial charge on any atom is -0.467 e. The topological polar surface area (TPSA) is 88.3 Å². The average molecular weight is 336 g/mol. The van der Waals surface area contributed by atoms with Crippen molar-refractivity contribution in [1.82, 2.24) is 15.1 Å². The third kappa shape index (κ3) is 4.38. The number of carbonyl (C=O) groups is 2. The normalized spacial score (nSPS) is 12.2. The van der Waals surface area contributed by atoms with Crippen molar-refractivity contribution < 1.29 is 14.0 Å². The van der Waals surface area contributed by atoms with Crippen molar-refractivity contribution in [2.24, 2.45) is 5.92 Å². The Kier molecular flexibility index (Phi) is 5.49. The van der Waals surface area contributed by atoms with Crippen molar-refractivity contribution in [3.63, 3.8) is 0 Å². The number of furan rings is 1. The van der Waals surface area contributed by atoms with Crippen molar-refractivity contribution >= 4 is 28.3 Å². The molecule has 2 heterocycles. The van der Waals surface area contributed by atoms with Crippen LogP contribution in [0.4, 0.5) is 5.13 Å². The monoisotopic (exact) mass is 336 g/mol. The number of nitrogens with zero attached hydrogens (tertiary/aromatic N) is 3. The van der Waals surface area contributed by atoms with Gasteiger partial charge in [-0.1, -0.05) is 25.2 Å². The molecule has 1 atom stereocenters. The lowest BCUT2D eigenvalue weighted by atomic mass is 10.0. The maximum Gasteiger partial charge on any atom is 0.315 e. The van der Waals surface area contributed by atoms with Crippen molar-refractivity contribution in [3.8, 4) is 0 Å². The van der Waals surface area contributed by atoms with Crippen LogP contribution in [0.1, 0.15) is 31.5 Å². The Labute approximate surface area is 138 Å². The molecule has 2 aromatic rings. The summed E-state index contributed by atoms with van der Waals surface area (Å²) in [6.45, 7) is 7.93. The quantitative estimate of drug-likeness (QED) is 0.847. The zero-order valence-corrected chi connectivity index (χ0v) is 14.4. The molecule has 0 saturated heterocycles. The number of carbonyl (C=O) groups excluding carboxylic acids is 2. The summed E-state index contributed by atoms with van der Waals surface area (Å²) in [7, 11) is 0. The van der Waals surface area contributed by atoms with Gasteiger partial charge < -0.3 is 9.32 Å². The lowest BCUT2D eigenvalue weighted by Crippen LogP contribution is -2.46. The van der Waals surface area contributed by atoms with Gasteiger partial charge in [0.2, 0.25) is 5.13 Å². The number of hydrogen-bond acceptors (Lipinski definition) is 6. The lowest BCUT2D eigenvalue weighted by molar-refractivity contribution is -0.145. The number of amides is 2. The van der Waals surface area contributed by atoms with Gasteiger partial charge in [-0.05, 0) is 31.9 Å². The molecule has 2 rings (SSSR count). The smallest absolute Gasteiger partial charge is 0.315 e. The molecule has 8 heteroatoms. The predicted molar refractivity (Wildman–Crippen MR) is 86.8 cm³/mol. The van der Waals surface area contributed by atoms with Crippen LogP contribution in [0.3, 0.4) is 0 Å². The van der Waals surface area contributed by atoms with Crippen LogP contribution in [-0.2, 0) is 16.1 Å². The first-order chi connectivity index (χ1) is 10.9. The van der Waals surface area contributed by atoms with E-state index in [0.29, 0.717) is 10.9 Å². The molecule has 0 aliphatic rings. The zero-order valence-electron chi connectivity index (χ0n) is 13.6. The highest BCUT2D eigenvalue weighted by Gasteiger charge is 2.29. The second-order valence-corrected chi connectivity index (χ2v) is 6.76. The van der Waals surface area contributed by atoms with E-state index in [-0.39, 0.29) is 18.5 Å². The van der Waals surface area contributed by atoms with Crippen molar-refractivity contribution in [3.05, 3.63) is 29.2 Å². The van der Waals surface area contributed by atoms with Gasteiger partial charge in [-0.2, -0.15) is 0 Å². The number of aryl methyl sites for hydroxylation is 1. The van der Waals surface area contributed by atoms with Gasteiger partial charge in [0.15, 0.2) is 0 Å². The van der Waals surface area contributed by atoms with Crippen LogP contribution in [0.25, 0.3) is 0 Å². The fourth-order valence-corrected chi connectivity index (χ4v) is 2.55. The molecule has 23 heavy (non-hydrogen) atoms. The molecule has 0 aliphatic carbocycles. The van der Waals surface area contributed by atoms with E-state index in [4.69, 9.17) is 4.42 Å². The Morgan fingerprint density at radius 2 is 2.09 bits per heavy atom. The van der Waals surface area contributed by atoms with E-state index >= 15 is 0 Å². The summed E-state index contributed by atoms with van der Waals surface area (Å²) >= 11 is 1.22. The summed E-state index contributed by atoms with van der Waals surface area (Å²) in [6, 6.07) is 3.41. The van der Waals surface area contributed by atoms with Crippen LogP contribution in [0, 0.1) is 12.8 Å². The van der Waals surface area contributed by atoms with E-state index in [2.05, 4.69) is 15.5 Å². The number of nitrogens with one attached hydrogen (secondary N) is 1. The molecule has 2 amide bonds. The summed E-state index contributed by atoms with van der Waals surface area (Å²) in [4.78, 5) is 26.3. The van der Waals surface area contributed by atoms with Gasteiger partial charge in [-0.3, -0.25) is 14.9 Å². The van der Waals surface area contributed by atoms with Gasteiger partial charge in [0.05, 0.1) is 12.8 Å². The Morgan fingerprint density at radius 3 is 2.61 bits per heavy atom. The van der Waals surface area contributed by atoms with Crippen molar-refractivity contribution in [1.29, 1.82) is 0 Å². The van der Waals surface area contributed by atoms with Crippen molar-refractivity contribution in [2.45, 2.75) is 40.3 Å². The van der Waals surface area contributed by atoms with E-state index < -0.39 is 11.8 Å². The number of rotatable bonds is 5. The van der Waals surface area contributed by atoms with Gasteiger partial charge in [-0.25, -0.2) is 0 Å². The van der Waals surface area contributed by atoms with E-state index in [1.165, 1.54) is 16.2 Å². The Balaban J connectivity index is 2.12. The van der Waals surface area contributed by atoms with Crippen LogP contribution in [0.15, 0.2) is 22.8 Å².